The fourth-order valence-corrected chi connectivity index (χ4v) is 2.31. The molecule has 0 saturated carbocycles. The van der Waals surface area contributed by atoms with E-state index in [2.05, 4.69) is 37.6 Å². The number of anilines is 2. The maximum Gasteiger partial charge on any atom is 0.105 e. The zero-order valence-corrected chi connectivity index (χ0v) is 12.0. The number of nitrogens with two attached hydrogens (primary N) is 1. The van der Waals surface area contributed by atoms with Gasteiger partial charge in [-0.05, 0) is 24.1 Å². The van der Waals surface area contributed by atoms with Crippen LogP contribution in [0.2, 0.25) is 0 Å². The Kier molecular flexibility index (Phi) is 3.14. The predicted octanol–water partition coefficient (Wildman–Crippen LogP) is 3.52. The Morgan fingerprint density at radius 3 is 2.42 bits per heavy atom. The van der Waals surface area contributed by atoms with Crippen LogP contribution < -0.4 is 10.6 Å². The quantitative estimate of drug-likeness (QED) is 0.821. The molecule has 0 spiro atoms. The molecule has 100 valence electrons. The first-order chi connectivity index (χ1) is 8.88. The lowest BCUT2D eigenvalue weighted by Gasteiger charge is -2.39. The topological polar surface area (TPSA) is 32.5 Å². The van der Waals surface area contributed by atoms with Crippen molar-refractivity contribution in [1.82, 2.24) is 4.90 Å². The summed E-state index contributed by atoms with van der Waals surface area (Å²) in [6, 6.07) is 4.06. The van der Waals surface area contributed by atoms with Gasteiger partial charge in [0.05, 0.1) is 5.69 Å². The van der Waals surface area contributed by atoms with Crippen molar-refractivity contribution in [2.75, 3.05) is 24.7 Å². The molecule has 0 amide bonds. The van der Waals surface area contributed by atoms with E-state index in [1.807, 2.05) is 25.1 Å². The number of allylic oxidation sites excluding steroid dienone is 1. The van der Waals surface area contributed by atoms with Crippen molar-refractivity contribution >= 4 is 22.6 Å². The normalized spacial score (nSPS) is 14.7. The number of hydrogen-bond donors (Lipinski definition) is 1. The molecule has 0 aliphatic carbocycles. The number of rotatable bonds is 2. The summed E-state index contributed by atoms with van der Waals surface area (Å²) in [7, 11) is 3.96. The molecule has 1 heterocycles. The lowest BCUT2D eigenvalue weighted by molar-refractivity contribution is 0.566. The van der Waals surface area contributed by atoms with E-state index in [9.17, 15) is 0 Å². The van der Waals surface area contributed by atoms with E-state index in [1.54, 1.807) is 0 Å². The van der Waals surface area contributed by atoms with Gasteiger partial charge >= 0.3 is 0 Å². The summed E-state index contributed by atoms with van der Waals surface area (Å²) in [5.41, 5.74) is 12.0. The largest absolute Gasteiger partial charge is 0.398 e. The van der Waals surface area contributed by atoms with Crippen LogP contribution in [0.15, 0.2) is 37.7 Å². The van der Waals surface area contributed by atoms with Gasteiger partial charge < -0.3 is 15.5 Å². The molecule has 0 saturated heterocycles. The monoisotopic (exact) mass is 255 g/mol. The van der Waals surface area contributed by atoms with Crippen molar-refractivity contribution in [2.45, 2.75) is 13.3 Å². The van der Waals surface area contributed by atoms with Crippen LogP contribution in [0, 0.1) is 0 Å². The van der Waals surface area contributed by atoms with E-state index in [4.69, 9.17) is 5.73 Å². The van der Waals surface area contributed by atoms with E-state index in [0.717, 1.165) is 46.0 Å². The number of benzene rings is 1. The Morgan fingerprint density at radius 1 is 1.21 bits per heavy atom. The van der Waals surface area contributed by atoms with Gasteiger partial charge in [-0.2, -0.15) is 0 Å². The number of nitrogens with zero attached hydrogens (tertiary/aromatic N) is 2. The van der Waals surface area contributed by atoms with Gasteiger partial charge in [-0.25, -0.2) is 0 Å². The molecule has 0 atom stereocenters. The molecule has 1 aromatic carbocycles. The minimum absolute atomic E-state index is 0.751. The highest BCUT2D eigenvalue weighted by molar-refractivity contribution is 5.87. The molecule has 3 nitrogen and oxygen atoms in total. The van der Waals surface area contributed by atoms with E-state index in [1.165, 1.54) is 0 Å². The van der Waals surface area contributed by atoms with Crippen molar-refractivity contribution in [2.24, 2.45) is 0 Å². The van der Waals surface area contributed by atoms with Crippen LogP contribution in [-0.2, 0) is 0 Å². The maximum atomic E-state index is 6.15. The maximum absolute atomic E-state index is 6.15. The van der Waals surface area contributed by atoms with Crippen molar-refractivity contribution in [1.29, 1.82) is 0 Å². The summed E-state index contributed by atoms with van der Waals surface area (Å²) in [6.45, 7) is 14.4. The smallest absolute Gasteiger partial charge is 0.105 e. The van der Waals surface area contributed by atoms with E-state index < -0.39 is 0 Å². The first-order valence-corrected chi connectivity index (χ1v) is 6.35. The van der Waals surface area contributed by atoms with E-state index >= 15 is 0 Å². The average molecular weight is 255 g/mol. The molecule has 0 unspecified atom stereocenters. The first kappa shape index (κ1) is 13.3. The molecule has 0 fully saturated rings. The van der Waals surface area contributed by atoms with Gasteiger partial charge in [-0.15, -0.1) is 0 Å². The van der Waals surface area contributed by atoms with Crippen LogP contribution in [0.5, 0.6) is 0 Å². The fourth-order valence-electron chi connectivity index (χ4n) is 2.31. The van der Waals surface area contributed by atoms with Gasteiger partial charge in [0.15, 0.2) is 0 Å². The molecule has 2 rings (SSSR count). The Morgan fingerprint density at radius 2 is 1.84 bits per heavy atom. The number of nitrogen functional groups attached to an aromatic ring is 1. The standard InChI is InChI=1S/C16H21N3/c1-7-10(2)13-9-16-14(8-15(13)17)11(3)18(5)12(4)19(16)6/h8-9H,2-4,7,17H2,1,5-6H3. The molecule has 1 aromatic rings. The molecule has 1 aliphatic rings. The molecule has 1 aliphatic heterocycles. The Bertz CT molecular complexity index is 584. The molecular weight excluding hydrogens is 234 g/mol. The van der Waals surface area contributed by atoms with Crippen LogP contribution in [-0.4, -0.2) is 19.0 Å². The highest BCUT2D eigenvalue weighted by Crippen LogP contribution is 2.40. The minimum Gasteiger partial charge on any atom is -0.398 e. The second kappa shape index (κ2) is 4.50. The van der Waals surface area contributed by atoms with Crippen LogP contribution in [0.4, 0.5) is 11.4 Å². The SMILES string of the molecule is C=C(CC)c1cc2c(cc1N)C(=C)N(C)C(=C)N2C. The van der Waals surface area contributed by atoms with Gasteiger partial charge in [0, 0.05) is 36.6 Å². The first-order valence-electron chi connectivity index (χ1n) is 6.35. The van der Waals surface area contributed by atoms with Gasteiger partial charge in [0.25, 0.3) is 0 Å². The zero-order chi connectivity index (χ0) is 14.3. The van der Waals surface area contributed by atoms with Gasteiger partial charge in [0.1, 0.15) is 5.82 Å². The van der Waals surface area contributed by atoms with Crippen molar-refractivity contribution in [3.63, 3.8) is 0 Å². The van der Waals surface area contributed by atoms with Gasteiger partial charge in [-0.1, -0.05) is 26.7 Å². The van der Waals surface area contributed by atoms with Crippen molar-refractivity contribution in [3.8, 4) is 0 Å². The third kappa shape index (κ3) is 1.91. The summed E-state index contributed by atoms with van der Waals surface area (Å²) in [4.78, 5) is 4.02. The Labute approximate surface area is 115 Å². The van der Waals surface area contributed by atoms with Gasteiger partial charge in [-0.3, -0.25) is 0 Å². The molecule has 2 N–H and O–H groups in total. The molecule has 0 bridgehead atoms. The molecule has 3 heteroatoms. The van der Waals surface area contributed by atoms with Crippen LogP contribution in [0.1, 0.15) is 24.5 Å². The lowest BCUT2D eigenvalue weighted by Crippen LogP contribution is -2.33. The number of hydrogen-bond acceptors (Lipinski definition) is 3. The summed E-state index contributed by atoms with van der Waals surface area (Å²) in [5.74, 6) is 0.898. The average Bonchev–Trinajstić information content (AvgIpc) is 2.41. The highest BCUT2D eigenvalue weighted by Gasteiger charge is 2.25. The van der Waals surface area contributed by atoms with Crippen LogP contribution in [0.25, 0.3) is 11.3 Å². The summed E-state index contributed by atoms with van der Waals surface area (Å²) >= 11 is 0. The van der Waals surface area contributed by atoms with Gasteiger partial charge in [0.2, 0.25) is 0 Å². The third-order valence-corrected chi connectivity index (χ3v) is 3.83. The summed E-state index contributed by atoms with van der Waals surface area (Å²) < 4.78 is 0. The zero-order valence-electron chi connectivity index (χ0n) is 12.0. The summed E-state index contributed by atoms with van der Waals surface area (Å²) in [6.07, 6.45) is 0.883. The van der Waals surface area contributed by atoms with E-state index in [0.29, 0.717) is 0 Å². The van der Waals surface area contributed by atoms with Crippen molar-refractivity contribution in [3.05, 3.63) is 48.8 Å². The predicted molar refractivity (Wildman–Crippen MR) is 84.5 cm³/mol. The lowest BCUT2D eigenvalue weighted by atomic mass is 9.96. The molecular formula is C16H21N3. The van der Waals surface area contributed by atoms with Crippen LogP contribution >= 0.6 is 0 Å². The second-order valence-corrected chi connectivity index (χ2v) is 4.89. The fraction of sp³-hybridized carbons (Fsp3) is 0.250. The Balaban J connectivity index is 2.65. The molecule has 0 radical (unpaired) electrons. The minimum atomic E-state index is 0.751. The summed E-state index contributed by atoms with van der Waals surface area (Å²) in [5, 5.41) is 0. The number of fused-ring (bicyclic) bond motifs is 1. The Hall–Kier alpha value is -2.16. The second-order valence-electron chi connectivity index (χ2n) is 4.89. The third-order valence-electron chi connectivity index (χ3n) is 3.83. The molecule has 0 aromatic heterocycles. The van der Waals surface area contributed by atoms with E-state index in [-0.39, 0.29) is 0 Å². The molecule has 19 heavy (non-hydrogen) atoms. The highest BCUT2D eigenvalue weighted by atomic mass is 15.3. The van der Waals surface area contributed by atoms with Crippen LogP contribution in [0.3, 0.4) is 0 Å². The van der Waals surface area contributed by atoms with Crippen molar-refractivity contribution < 1.29 is 0 Å².